The van der Waals surface area contributed by atoms with Crippen LogP contribution in [0.15, 0.2) is 69.9 Å². The smallest absolute Gasteiger partial charge is 0.262 e. The molecule has 5 nitrogen and oxygen atoms in total. The summed E-state index contributed by atoms with van der Waals surface area (Å²) >= 11 is 12.2. The van der Waals surface area contributed by atoms with Gasteiger partial charge >= 0.3 is 0 Å². The van der Waals surface area contributed by atoms with Gasteiger partial charge in [0.2, 0.25) is 11.2 Å². The van der Waals surface area contributed by atoms with Gasteiger partial charge in [0, 0.05) is 21.3 Å². The van der Waals surface area contributed by atoms with Crippen molar-refractivity contribution in [3.05, 3.63) is 92.1 Å². The number of carbonyl (C=O) groups is 1. The molecule has 1 heterocycles. The van der Waals surface area contributed by atoms with Crippen LogP contribution in [0.3, 0.4) is 0 Å². The van der Waals surface area contributed by atoms with E-state index in [1.807, 2.05) is 31.2 Å². The van der Waals surface area contributed by atoms with Gasteiger partial charge in [-0.05, 0) is 59.9 Å². The summed E-state index contributed by atoms with van der Waals surface area (Å²) in [5.41, 5.74) is 3.11. The summed E-state index contributed by atoms with van der Waals surface area (Å²) in [4.78, 5) is 26.0. The van der Waals surface area contributed by atoms with Gasteiger partial charge in [-0.15, -0.1) is 0 Å². The Morgan fingerprint density at radius 1 is 1.00 bits per heavy atom. The minimum absolute atomic E-state index is 0.0320. The van der Waals surface area contributed by atoms with Crippen LogP contribution in [0.4, 0.5) is 5.69 Å². The van der Waals surface area contributed by atoms with Gasteiger partial charge in [-0.3, -0.25) is 9.59 Å². The molecule has 4 aromatic rings. The van der Waals surface area contributed by atoms with Gasteiger partial charge in [-0.25, -0.2) is 0 Å². The molecule has 0 spiro atoms. The van der Waals surface area contributed by atoms with E-state index < -0.39 is 11.3 Å². The van der Waals surface area contributed by atoms with Crippen LogP contribution in [0, 0.1) is 6.92 Å². The predicted octanol–water partition coefficient (Wildman–Crippen LogP) is 7.39. The topological polar surface area (TPSA) is 68.5 Å². The van der Waals surface area contributed by atoms with E-state index in [1.165, 1.54) is 0 Å². The summed E-state index contributed by atoms with van der Waals surface area (Å²) in [6, 6.07) is 17.7. The highest BCUT2D eigenvalue weighted by molar-refractivity contribution is 6.32. The molecule has 1 N–H and O–H groups in total. The summed E-state index contributed by atoms with van der Waals surface area (Å²) in [5, 5.41) is 4.00. The molecule has 0 radical (unpaired) electrons. The normalized spacial score (nSPS) is 11.5. The molecule has 0 aliphatic rings. The summed E-state index contributed by atoms with van der Waals surface area (Å²) in [6.45, 7) is 7.83. The third kappa shape index (κ3) is 5.53. The lowest BCUT2D eigenvalue weighted by atomic mass is 9.86. The maximum atomic E-state index is 13.4. The highest BCUT2D eigenvalue weighted by Gasteiger charge is 2.21. The molecule has 1 aromatic heterocycles. The standard InChI is InChI=1S/C28H25Cl2NO4/c1-16-13-23-21(14-22(16)30)25(33)27(34-15-24(32)31-20-11-9-19(29)10-12-20)26(35-23)17-5-7-18(8-6-17)28(2,3)4/h5-14H,15H2,1-4H3,(H,31,32). The molecule has 0 atom stereocenters. The fraction of sp³-hybridized carbons (Fsp3) is 0.214. The van der Waals surface area contributed by atoms with Crippen molar-refractivity contribution in [2.24, 2.45) is 0 Å². The number of fused-ring (bicyclic) bond motifs is 1. The lowest BCUT2D eigenvalue weighted by molar-refractivity contribution is -0.118. The van der Waals surface area contributed by atoms with Crippen molar-refractivity contribution in [1.29, 1.82) is 0 Å². The molecular weight excluding hydrogens is 485 g/mol. The summed E-state index contributed by atoms with van der Waals surface area (Å²) in [7, 11) is 0. The van der Waals surface area contributed by atoms with E-state index in [0.717, 1.165) is 11.1 Å². The second kappa shape index (κ2) is 9.76. The number of amides is 1. The number of nitrogens with one attached hydrogen (secondary N) is 1. The Kier molecular flexibility index (Phi) is 6.93. The zero-order chi connectivity index (χ0) is 25.3. The zero-order valence-electron chi connectivity index (χ0n) is 19.9. The van der Waals surface area contributed by atoms with Gasteiger partial charge in [0.25, 0.3) is 5.91 Å². The molecule has 0 saturated carbocycles. The van der Waals surface area contributed by atoms with Gasteiger partial charge in [0.15, 0.2) is 12.4 Å². The quantitative estimate of drug-likeness (QED) is 0.304. The van der Waals surface area contributed by atoms with Crippen LogP contribution >= 0.6 is 23.2 Å². The molecule has 0 unspecified atom stereocenters. The summed E-state index contributed by atoms with van der Waals surface area (Å²) < 4.78 is 11.9. The molecule has 0 aliphatic heterocycles. The molecule has 180 valence electrons. The average molecular weight is 510 g/mol. The molecular formula is C28H25Cl2NO4. The van der Waals surface area contributed by atoms with Gasteiger partial charge in [-0.2, -0.15) is 0 Å². The largest absolute Gasteiger partial charge is 0.476 e. The van der Waals surface area contributed by atoms with Crippen molar-refractivity contribution in [2.45, 2.75) is 33.1 Å². The van der Waals surface area contributed by atoms with Crippen LogP contribution in [0.2, 0.25) is 10.0 Å². The van der Waals surface area contributed by atoms with Crippen LogP contribution in [0.1, 0.15) is 31.9 Å². The maximum absolute atomic E-state index is 13.4. The number of aryl methyl sites for hydroxylation is 1. The molecule has 4 rings (SSSR count). The monoisotopic (exact) mass is 509 g/mol. The summed E-state index contributed by atoms with van der Waals surface area (Å²) in [5.74, 6) is -0.223. The third-order valence-corrected chi connectivity index (χ3v) is 6.28. The number of rotatable bonds is 5. The Labute approximate surface area is 213 Å². The van der Waals surface area contributed by atoms with Crippen LogP contribution in [-0.4, -0.2) is 12.5 Å². The zero-order valence-corrected chi connectivity index (χ0v) is 21.4. The van der Waals surface area contributed by atoms with E-state index in [1.54, 1.807) is 36.4 Å². The first-order valence-corrected chi connectivity index (χ1v) is 11.8. The van der Waals surface area contributed by atoms with Crippen molar-refractivity contribution in [3.8, 4) is 17.1 Å². The number of carbonyl (C=O) groups excluding carboxylic acids is 1. The van der Waals surface area contributed by atoms with E-state index >= 15 is 0 Å². The first-order chi connectivity index (χ1) is 16.5. The first kappa shape index (κ1) is 24.8. The van der Waals surface area contributed by atoms with E-state index in [9.17, 15) is 9.59 Å². The lowest BCUT2D eigenvalue weighted by Crippen LogP contribution is -2.22. The molecule has 0 fully saturated rings. The van der Waals surface area contributed by atoms with Crippen molar-refractivity contribution in [3.63, 3.8) is 0 Å². The molecule has 0 bridgehead atoms. The number of hydrogen-bond donors (Lipinski definition) is 1. The molecule has 35 heavy (non-hydrogen) atoms. The van der Waals surface area contributed by atoms with E-state index in [4.69, 9.17) is 32.4 Å². The Balaban J connectivity index is 1.73. The number of anilines is 1. The van der Waals surface area contributed by atoms with Gasteiger partial charge in [0.05, 0.1) is 5.39 Å². The Morgan fingerprint density at radius 2 is 1.66 bits per heavy atom. The SMILES string of the molecule is Cc1cc2oc(-c3ccc(C(C)(C)C)cc3)c(OCC(=O)Nc3ccc(Cl)cc3)c(=O)c2cc1Cl. The highest BCUT2D eigenvalue weighted by atomic mass is 35.5. The Hall–Kier alpha value is -3.28. The number of ether oxygens (including phenoxy) is 1. The van der Waals surface area contributed by atoms with Crippen molar-refractivity contribution < 1.29 is 13.9 Å². The fourth-order valence-corrected chi connectivity index (χ4v) is 3.90. The predicted molar refractivity (Wildman–Crippen MR) is 142 cm³/mol. The number of benzene rings is 3. The summed E-state index contributed by atoms with van der Waals surface area (Å²) in [6.07, 6.45) is 0. The Morgan fingerprint density at radius 3 is 2.29 bits per heavy atom. The van der Waals surface area contributed by atoms with Crippen molar-refractivity contribution in [2.75, 3.05) is 11.9 Å². The Bertz CT molecular complexity index is 1450. The number of hydrogen-bond acceptors (Lipinski definition) is 4. The third-order valence-electron chi connectivity index (χ3n) is 5.62. The molecule has 0 aliphatic carbocycles. The second-order valence-corrected chi connectivity index (χ2v) is 10.2. The maximum Gasteiger partial charge on any atom is 0.262 e. The highest BCUT2D eigenvalue weighted by Crippen LogP contribution is 2.34. The second-order valence-electron chi connectivity index (χ2n) is 9.36. The fourth-order valence-electron chi connectivity index (χ4n) is 3.61. The van der Waals surface area contributed by atoms with E-state index in [2.05, 4.69) is 26.1 Å². The molecule has 3 aromatic carbocycles. The van der Waals surface area contributed by atoms with Crippen molar-refractivity contribution in [1.82, 2.24) is 0 Å². The van der Waals surface area contributed by atoms with E-state index in [0.29, 0.717) is 26.9 Å². The van der Waals surface area contributed by atoms with Crippen LogP contribution in [0.25, 0.3) is 22.3 Å². The van der Waals surface area contributed by atoms with Gasteiger partial charge in [-0.1, -0.05) is 68.2 Å². The molecule has 7 heteroatoms. The van der Waals surface area contributed by atoms with Gasteiger partial charge in [0.1, 0.15) is 5.58 Å². The van der Waals surface area contributed by atoms with Crippen LogP contribution in [0.5, 0.6) is 5.75 Å². The average Bonchev–Trinajstić information content (AvgIpc) is 2.81. The van der Waals surface area contributed by atoms with E-state index in [-0.39, 0.29) is 28.9 Å². The van der Waals surface area contributed by atoms with Gasteiger partial charge < -0.3 is 14.5 Å². The van der Waals surface area contributed by atoms with Crippen molar-refractivity contribution >= 4 is 45.8 Å². The van der Waals surface area contributed by atoms with Crippen LogP contribution < -0.4 is 15.5 Å². The first-order valence-electron chi connectivity index (χ1n) is 11.1. The van der Waals surface area contributed by atoms with Crippen LogP contribution in [-0.2, 0) is 10.2 Å². The molecule has 0 saturated heterocycles. The minimum atomic E-state index is -0.428. The molecule has 1 amide bonds. The minimum Gasteiger partial charge on any atom is -0.476 e. The lowest BCUT2D eigenvalue weighted by Gasteiger charge is -2.19. The number of halogens is 2.